The number of carbonyl (C=O) groups is 1. The number of carbonyl (C=O) groups excluding carboxylic acids is 1. The Kier molecular flexibility index (Phi) is 4.59. The lowest BCUT2D eigenvalue weighted by Gasteiger charge is -1.99. The van der Waals surface area contributed by atoms with Crippen molar-refractivity contribution in [3.63, 3.8) is 0 Å². The van der Waals surface area contributed by atoms with Crippen molar-refractivity contribution in [1.82, 2.24) is 10.3 Å². The number of nitrogens with one attached hydrogen (secondary N) is 2. The number of hydrogen-bond acceptors (Lipinski definition) is 2. The second-order valence-electron chi connectivity index (χ2n) is 3.88. The molecule has 0 aliphatic carbocycles. The summed E-state index contributed by atoms with van der Waals surface area (Å²) in [6, 6.07) is 10.2. The number of rotatable bonds is 2. The van der Waals surface area contributed by atoms with Gasteiger partial charge < -0.3 is 10.3 Å². The van der Waals surface area contributed by atoms with E-state index in [1.807, 2.05) is 12.1 Å². The van der Waals surface area contributed by atoms with Gasteiger partial charge in [-0.25, -0.2) is 0 Å². The highest BCUT2D eigenvalue weighted by Crippen LogP contribution is 2.12. The van der Waals surface area contributed by atoms with Crippen molar-refractivity contribution in [2.45, 2.75) is 0 Å². The Morgan fingerprint density at radius 3 is 2.80 bits per heavy atom. The van der Waals surface area contributed by atoms with Crippen molar-refractivity contribution in [3.8, 4) is 11.8 Å². The van der Waals surface area contributed by atoms with Gasteiger partial charge in [-0.1, -0.05) is 35.6 Å². The third-order valence-electron chi connectivity index (χ3n) is 2.50. The van der Waals surface area contributed by atoms with Gasteiger partial charge in [-0.3, -0.25) is 9.59 Å². The van der Waals surface area contributed by atoms with Gasteiger partial charge >= 0.3 is 0 Å². The quantitative estimate of drug-likeness (QED) is 0.827. The molecule has 0 aliphatic rings. The fraction of sp³-hybridized carbons (Fsp3) is 0.0667. The van der Waals surface area contributed by atoms with Gasteiger partial charge in [0.2, 0.25) is 0 Å². The fourth-order valence-electron chi connectivity index (χ4n) is 1.52. The average molecular weight is 287 g/mol. The highest BCUT2D eigenvalue weighted by atomic mass is 35.5. The number of benzene rings is 1. The molecule has 20 heavy (non-hydrogen) atoms. The third kappa shape index (κ3) is 3.50. The van der Waals surface area contributed by atoms with Gasteiger partial charge in [-0.05, 0) is 24.3 Å². The van der Waals surface area contributed by atoms with Crippen molar-refractivity contribution in [3.05, 3.63) is 69.1 Å². The van der Waals surface area contributed by atoms with Crippen LogP contribution in [0.1, 0.15) is 15.9 Å². The molecule has 0 spiro atoms. The second-order valence-corrected chi connectivity index (χ2v) is 4.28. The van der Waals surface area contributed by atoms with Crippen LogP contribution in [-0.2, 0) is 0 Å². The van der Waals surface area contributed by atoms with Crippen LogP contribution in [0.3, 0.4) is 0 Å². The normalized spacial score (nSPS) is 9.45. The zero-order valence-corrected chi connectivity index (χ0v) is 11.2. The predicted octanol–water partition coefficient (Wildman–Crippen LogP) is 1.81. The Morgan fingerprint density at radius 2 is 2.05 bits per heavy atom. The van der Waals surface area contributed by atoms with Crippen molar-refractivity contribution in [2.75, 3.05) is 6.54 Å². The molecule has 0 aliphatic heterocycles. The molecular formula is C15H11ClN2O2. The maximum absolute atomic E-state index is 11.7. The number of halogens is 1. The molecule has 2 N–H and O–H groups in total. The summed E-state index contributed by atoms with van der Waals surface area (Å²) in [6.45, 7) is 0.137. The van der Waals surface area contributed by atoms with Gasteiger partial charge in [-0.15, -0.1) is 0 Å². The SMILES string of the molecule is O=C(NCC#Cc1ccccc1Cl)c1ccc[nH]c1=O. The first-order valence-electron chi connectivity index (χ1n) is 5.88. The van der Waals surface area contributed by atoms with Gasteiger partial charge in [0.15, 0.2) is 0 Å². The number of pyridine rings is 1. The Morgan fingerprint density at radius 1 is 1.25 bits per heavy atom. The van der Waals surface area contributed by atoms with E-state index in [1.54, 1.807) is 18.2 Å². The highest BCUT2D eigenvalue weighted by Gasteiger charge is 2.07. The molecule has 5 heteroatoms. The van der Waals surface area contributed by atoms with Gasteiger partial charge in [0, 0.05) is 11.8 Å². The summed E-state index contributed by atoms with van der Waals surface area (Å²) in [6.07, 6.45) is 1.47. The van der Waals surface area contributed by atoms with Gasteiger partial charge in [0.1, 0.15) is 5.56 Å². The largest absolute Gasteiger partial charge is 0.341 e. The van der Waals surface area contributed by atoms with Crippen LogP contribution in [-0.4, -0.2) is 17.4 Å². The number of H-pyrrole nitrogens is 1. The molecule has 2 aromatic rings. The molecule has 1 aromatic carbocycles. The standard InChI is InChI=1S/C15H11ClN2O2/c16-13-8-2-1-5-11(13)6-3-9-17-14(19)12-7-4-10-18-15(12)20/h1-2,4-5,7-8,10H,9H2,(H,17,19)(H,18,20). The summed E-state index contributed by atoms with van der Waals surface area (Å²) < 4.78 is 0. The molecule has 0 radical (unpaired) electrons. The smallest absolute Gasteiger partial charge is 0.260 e. The highest BCUT2D eigenvalue weighted by molar-refractivity contribution is 6.31. The monoisotopic (exact) mass is 286 g/mol. The summed E-state index contributed by atoms with van der Waals surface area (Å²) >= 11 is 5.95. The van der Waals surface area contributed by atoms with Crippen LogP contribution in [0.2, 0.25) is 5.02 Å². The molecule has 1 heterocycles. The van der Waals surface area contributed by atoms with E-state index >= 15 is 0 Å². The third-order valence-corrected chi connectivity index (χ3v) is 2.83. The van der Waals surface area contributed by atoms with Crippen molar-refractivity contribution < 1.29 is 4.79 Å². The first-order valence-corrected chi connectivity index (χ1v) is 6.25. The van der Waals surface area contributed by atoms with E-state index in [0.29, 0.717) is 10.6 Å². The molecule has 1 amide bonds. The lowest BCUT2D eigenvalue weighted by molar-refractivity contribution is 0.0957. The number of aromatic nitrogens is 1. The minimum absolute atomic E-state index is 0.0621. The summed E-state index contributed by atoms with van der Waals surface area (Å²) in [5.41, 5.74) is 0.331. The van der Waals surface area contributed by atoms with Crippen LogP contribution in [0.25, 0.3) is 0 Å². The summed E-state index contributed by atoms with van der Waals surface area (Å²) in [7, 11) is 0. The average Bonchev–Trinajstić information content (AvgIpc) is 2.45. The molecule has 1 aromatic heterocycles. The molecule has 0 atom stereocenters. The lowest BCUT2D eigenvalue weighted by Crippen LogP contribution is -2.29. The Labute approximate surface area is 120 Å². The molecular weight excluding hydrogens is 276 g/mol. The number of amides is 1. The number of aromatic amines is 1. The molecule has 0 bridgehead atoms. The topological polar surface area (TPSA) is 62.0 Å². The van der Waals surface area contributed by atoms with E-state index in [-0.39, 0.29) is 12.1 Å². The van der Waals surface area contributed by atoms with E-state index < -0.39 is 11.5 Å². The van der Waals surface area contributed by atoms with E-state index in [1.165, 1.54) is 12.3 Å². The van der Waals surface area contributed by atoms with Gasteiger partial charge in [-0.2, -0.15) is 0 Å². The first-order chi connectivity index (χ1) is 9.68. The zero-order chi connectivity index (χ0) is 14.4. The van der Waals surface area contributed by atoms with Crippen molar-refractivity contribution in [1.29, 1.82) is 0 Å². The minimum Gasteiger partial charge on any atom is -0.341 e. The van der Waals surface area contributed by atoms with Crippen LogP contribution < -0.4 is 10.9 Å². The zero-order valence-electron chi connectivity index (χ0n) is 10.4. The lowest BCUT2D eigenvalue weighted by atomic mass is 10.2. The number of hydrogen-bond donors (Lipinski definition) is 2. The first kappa shape index (κ1) is 13.9. The van der Waals surface area contributed by atoms with Gasteiger partial charge in [0.25, 0.3) is 11.5 Å². The Balaban J connectivity index is 1.98. The van der Waals surface area contributed by atoms with Crippen LogP contribution in [0, 0.1) is 11.8 Å². The second kappa shape index (κ2) is 6.60. The molecule has 4 nitrogen and oxygen atoms in total. The summed E-state index contributed by atoms with van der Waals surface area (Å²) in [5, 5.41) is 3.11. The van der Waals surface area contributed by atoms with Crippen LogP contribution in [0.15, 0.2) is 47.4 Å². The van der Waals surface area contributed by atoms with Crippen LogP contribution >= 0.6 is 11.6 Å². The molecule has 0 saturated heterocycles. The van der Waals surface area contributed by atoms with E-state index in [4.69, 9.17) is 11.6 Å². The Hall–Kier alpha value is -2.51. The molecule has 0 saturated carbocycles. The van der Waals surface area contributed by atoms with Gasteiger partial charge in [0.05, 0.1) is 11.6 Å². The molecule has 0 fully saturated rings. The summed E-state index contributed by atoms with van der Waals surface area (Å²) in [5.74, 6) is 5.18. The molecule has 0 unspecified atom stereocenters. The van der Waals surface area contributed by atoms with Crippen LogP contribution in [0.4, 0.5) is 0 Å². The minimum atomic E-state index is -0.458. The van der Waals surface area contributed by atoms with Crippen LogP contribution in [0.5, 0.6) is 0 Å². The summed E-state index contributed by atoms with van der Waals surface area (Å²) in [4.78, 5) is 25.5. The fourth-order valence-corrected chi connectivity index (χ4v) is 1.71. The van der Waals surface area contributed by atoms with E-state index in [0.717, 1.165) is 0 Å². The van der Waals surface area contributed by atoms with E-state index in [9.17, 15) is 9.59 Å². The van der Waals surface area contributed by atoms with Crippen molar-refractivity contribution in [2.24, 2.45) is 0 Å². The molecule has 100 valence electrons. The molecule has 2 rings (SSSR count). The van der Waals surface area contributed by atoms with E-state index in [2.05, 4.69) is 22.1 Å². The maximum atomic E-state index is 11.7. The maximum Gasteiger partial charge on any atom is 0.260 e. The van der Waals surface area contributed by atoms with Crippen molar-refractivity contribution >= 4 is 17.5 Å². The Bertz CT molecular complexity index is 741. The predicted molar refractivity (Wildman–Crippen MR) is 77.7 cm³/mol.